The van der Waals surface area contributed by atoms with Gasteiger partial charge in [-0.2, -0.15) is 30.0 Å². The molecule has 51 heavy (non-hydrogen) atoms. The van der Waals surface area contributed by atoms with E-state index in [4.69, 9.17) is 16.4 Å². The van der Waals surface area contributed by atoms with E-state index in [9.17, 15) is 37.1 Å². The summed E-state index contributed by atoms with van der Waals surface area (Å²) in [5.74, 6) is -2.17. The Morgan fingerprint density at radius 1 is 0.941 bits per heavy atom. The van der Waals surface area contributed by atoms with Gasteiger partial charge in [0.2, 0.25) is 0 Å². The van der Waals surface area contributed by atoms with E-state index < -0.39 is 46.4 Å². The minimum Gasteiger partial charge on any atom is -0.372 e. The SMILES string of the molecule is O=C(CCSCc1cccc(C(=O)Nc2ccc(N3CCCCC3)cc2C(=O)NN=Cc2ccc(Cl)c(C(F)(F)F)c2)c1)ON1C(=O)CCC1=O. The number of imide groups is 1. The summed E-state index contributed by atoms with van der Waals surface area (Å²) in [4.78, 5) is 69.1. The van der Waals surface area contributed by atoms with Crippen LogP contribution in [-0.4, -0.2) is 59.7 Å². The van der Waals surface area contributed by atoms with Gasteiger partial charge in [-0.25, -0.2) is 10.2 Å². The highest BCUT2D eigenvalue weighted by Crippen LogP contribution is 2.35. The molecule has 0 radical (unpaired) electrons. The third-order valence-electron chi connectivity index (χ3n) is 8.00. The van der Waals surface area contributed by atoms with Crippen LogP contribution in [0.2, 0.25) is 5.02 Å². The number of carbonyl (C=O) groups excluding carboxylic acids is 5. The Hall–Kier alpha value is -4.89. The summed E-state index contributed by atoms with van der Waals surface area (Å²) in [6.07, 6.45) is -0.520. The molecule has 0 aromatic heterocycles. The van der Waals surface area contributed by atoms with Crippen LogP contribution in [0.15, 0.2) is 65.8 Å². The lowest BCUT2D eigenvalue weighted by atomic mass is 10.1. The summed E-state index contributed by atoms with van der Waals surface area (Å²) in [6.45, 7) is 1.60. The number of halogens is 4. The number of amides is 4. The second kappa shape index (κ2) is 16.9. The number of alkyl halides is 3. The number of hydrogen-bond donors (Lipinski definition) is 2. The first-order valence-electron chi connectivity index (χ1n) is 16.0. The lowest BCUT2D eigenvalue weighted by Crippen LogP contribution is -2.32. The van der Waals surface area contributed by atoms with E-state index in [1.165, 1.54) is 17.8 Å². The van der Waals surface area contributed by atoms with Gasteiger partial charge < -0.3 is 15.1 Å². The summed E-state index contributed by atoms with van der Waals surface area (Å²) in [5.41, 5.74) is 3.56. The summed E-state index contributed by atoms with van der Waals surface area (Å²) in [6, 6.07) is 15.1. The zero-order valence-electron chi connectivity index (χ0n) is 27.1. The number of carbonyl (C=O) groups is 5. The quantitative estimate of drug-likeness (QED) is 0.0917. The van der Waals surface area contributed by atoms with Gasteiger partial charge in [0.25, 0.3) is 23.6 Å². The maximum absolute atomic E-state index is 13.4. The van der Waals surface area contributed by atoms with E-state index in [1.54, 1.807) is 36.4 Å². The molecule has 2 saturated heterocycles. The highest BCUT2D eigenvalue weighted by molar-refractivity contribution is 7.98. The van der Waals surface area contributed by atoms with Crippen molar-refractivity contribution in [1.82, 2.24) is 10.5 Å². The second-order valence-corrected chi connectivity index (χ2v) is 13.2. The van der Waals surface area contributed by atoms with Crippen LogP contribution in [-0.2, 0) is 31.2 Å². The van der Waals surface area contributed by atoms with Crippen molar-refractivity contribution >= 4 is 70.6 Å². The Morgan fingerprint density at radius 2 is 1.69 bits per heavy atom. The zero-order valence-corrected chi connectivity index (χ0v) is 28.7. The molecule has 5 rings (SSSR count). The summed E-state index contributed by atoms with van der Waals surface area (Å²) in [7, 11) is 0. The smallest absolute Gasteiger partial charge is 0.372 e. The van der Waals surface area contributed by atoms with E-state index in [2.05, 4.69) is 20.7 Å². The van der Waals surface area contributed by atoms with Crippen molar-refractivity contribution in [3.8, 4) is 0 Å². The lowest BCUT2D eigenvalue weighted by molar-refractivity contribution is -0.197. The number of nitrogens with zero attached hydrogens (tertiary/aromatic N) is 3. The Morgan fingerprint density at radius 3 is 2.41 bits per heavy atom. The van der Waals surface area contributed by atoms with Gasteiger partial charge in [0, 0.05) is 48.7 Å². The number of thioether (sulfide) groups is 1. The molecular formula is C35H33ClF3N5O6S. The number of piperidine rings is 1. The van der Waals surface area contributed by atoms with E-state index >= 15 is 0 Å². The second-order valence-electron chi connectivity index (χ2n) is 11.7. The lowest BCUT2D eigenvalue weighted by Gasteiger charge is -2.29. The fourth-order valence-corrected chi connectivity index (χ4v) is 6.49. The molecule has 3 aromatic rings. The number of anilines is 2. The molecule has 11 nitrogen and oxygen atoms in total. The number of hydroxylamine groups is 2. The molecule has 0 saturated carbocycles. The van der Waals surface area contributed by atoms with Crippen molar-refractivity contribution in [3.63, 3.8) is 0 Å². The van der Waals surface area contributed by atoms with Gasteiger partial charge in [-0.05, 0) is 72.9 Å². The van der Waals surface area contributed by atoms with Gasteiger partial charge >= 0.3 is 12.1 Å². The van der Waals surface area contributed by atoms with E-state index in [-0.39, 0.29) is 36.1 Å². The van der Waals surface area contributed by atoms with Crippen LogP contribution in [0.25, 0.3) is 0 Å². The van der Waals surface area contributed by atoms with Crippen molar-refractivity contribution in [3.05, 3.63) is 93.5 Å². The fraction of sp³-hybridized carbons (Fsp3) is 0.314. The molecule has 2 aliphatic heterocycles. The van der Waals surface area contributed by atoms with Crippen molar-refractivity contribution in [2.45, 2.75) is 50.5 Å². The zero-order chi connectivity index (χ0) is 36.5. The summed E-state index contributed by atoms with van der Waals surface area (Å²) < 4.78 is 39.9. The first-order chi connectivity index (χ1) is 24.4. The molecule has 4 amide bonds. The molecule has 3 aromatic carbocycles. The van der Waals surface area contributed by atoms with Gasteiger partial charge in [0.1, 0.15) is 0 Å². The molecule has 2 N–H and O–H groups in total. The molecule has 0 bridgehead atoms. The normalized spacial score (nSPS) is 15.0. The third-order valence-corrected chi connectivity index (χ3v) is 9.36. The van der Waals surface area contributed by atoms with Gasteiger partial charge in [-0.3, -0.25) is 19.2 Å². The van der Waals surface area contributed by atoms with Crippen molar-refractivity contribution < 1.29 is 42.0 Å². The third kappa shape index (κ3) is 10.1. The van der Waals surface area contributed by atoms with Crippen LogP contribution < -0.4 is 15.6 Å². The average molecular weight is 744 g/mol. The van der Waals surface area contributed by atoms with E-state index in [0.29, 0.717) is 22.1 Å². The minimum atomic E-state index is -4.67. The molecule has 2 heterocycles. The minimum absolute atomic E-state index is 0.0144. The average Bonchev–Trinajstić information content (AvgIpc) is 3.43. The highest BCUT2D eigenvalue weighted by Gasteiger charge is 2.34. The van der Waals surface area contributed by atoms with Crippen molar-refractivity contribution in [1.29, 1.82) is 0 Å². The number of hydrogen-bond acceptors (Lipinski definition) is 9. The van der Waals surface area contributed by atoms with Crippen LogP contribution in [0, 0.1) is 0 Å². The molecule has 0 unspecified atom stereocenters. The Balaban J connectivity index is 1.24. The molecule has 268 valence electrons. The summed E-state index contributed by atoms with van der Waals surface area (Å²) in [5, 5.41) is 6.70. The number of benzene rings is 3. The van der Waals surface area contributed by atoms with E-state index in [0.717, 1.165) is 62.0 Å². The predicted octanol–water partition coefficient (Wildman–Crippen LogP) is 6.60. The number of rotatable bonds is 12. The number of hydrazone groups is 1. The largest absolute Gasteiger partial charge is 0.417 e. The van der Waals surface area contributed by atoms with Gasteiger partial charge in [-0.15, -0.1) is 5.06 Å². The highest BCUT2D eigenvalue weighted by atomic mass is 35.5. The fourth-order valence-electron chi connectivity index (χ4n) is 5.39. The van der Waals surface area contributed by atoms with E-state index in [1.807, 2.05) is 6.07 Å². The Labute approximate surface area is 300 Å². The molecular weight excluding hydrogens is 711 g/mol. The first kappa shape index (κ1) is 37.4. The molecule has 0 spiro atoms. The van der Waals surface area contributed by atoms with Gasteiger partial charge in [-0.1, -0.05) is 29.8 Å². The molecule has 2 fully saturated rings. The Kier molecular flexibility index (Phi) is 12.4. The summed E-state index contributed by atoms with van der Waals surface area (Å²) >= 11 is 7.09. The molecule has 16 heteroatoms. The topological polar surface area (TPSA) is 137 Å². The van der Waals surface area contributed by atoms with Gasteiger partial charge in [0.05, 0.1) is 34.5 Å². The van der Waals surface area contributed by atoms with Crippen molar-refractivity contribution in [2.75, 3.05) is 29.1 Å². The standard InChI is InChI=1S/C35H33ClF3N5O6S/c36-28-9-7-22(18-27(28)35(37,38)39)20-40-42-34(49)26-19-25(43-14-2-1-3-15-43)8-10-29(26)41-33(48)24-6-4-5-23(17-24)21-51-16-13-32(47)50-44-30(45)11-12-31(44)46/h4-10,17-20H,1-3,11-16,21H2,(H,41,48)(H,42,49). The monoisotopic (exact) mass is 743 g/mol. The molecule has 0 atom stereocenters. The van der Waals surface area contributed by atoms with Crippen molar-refractivity contribution in [2.24, 2.45) is 5.10 Å². The molecule has 2 aliphatic rings. The van der Waals surface area contributed by atoms with Crippen LogP contribution in [0.1, 0.15) is 75.9 Å². The van der Waals surface area contributed by atoms with Crippen LogP contribution in [0.3, 0.4) is 0 Å². The maximum atomic E-state index is 13.4. The van der Waals surface area contributed by atoms with Crippen LogP contribution in [0.5, 0.6) is 0 Å². The maximum Gasteiger partial charge on any atom is 0.417 e. The number of nitrogens with one attached hydrogen (secondary N) is 2. The molecule has 0 aliphatic carbocycles. The first-order valence-corrected chi connectivity index (χ1v) is 17.6. The Bertz CT molecular complexity index is 1830. The predicted molar refractivity (Wildman–Crippen MR) is 186 cm³/mol. The van der Waals surface area contributed by atoms with Crippen LogP contribution in [0.4, 0.5) is 24.5 Å². The van der Waals surface area contributed by atoms with Gasteiger partial charge in [0.15, 0.2) is 0 Å². The van der Waals surface area contributed by atoms with Crippen LogP contribution >= 0.6 is 23.4 Å².